The molecule has 3 aromatic heterocycles. The third-order valence-corrected chi connectivity index (χ3v) is 5.47. The minimum atomic E-state index is -0.0317. The van der Waals surface area contributed by atoms with Crippen molar-refractivity contribution in [3.63, 3.8) is 0 Å². The van der Waals surface area contributed by atoms with Crippen molar-refractivity contribution in [3.8, 4) is 5.75 Å². The lowest BCUT2D eigenvalue weighted by Crippen LogP contribution is -2.36. The van der Waals surface area contributed by atoms with E-state index in [2.05, 4.69) is 15.0 Å². The van der Waals surface area contributed by atoms with Gasteiger partial charge < -0.3 is 19.0 Å². The van der Waals surface area contributed by atoms with E-state index in [0.29, 0.717) is 25.2 Å². The smallest absolute Gasteiger partial charge is 0.270 e. The van der Waals surface area contributed by atoms with Crippen LogP contribution in [0.4, 0.5) is 0 Å². The van der Waals surface area contributed by atoms with Crippen molar-refractivity contribution >= 4 is 16.8 Å². The van der Waals surface area contributed by atoms with Crippen molar-refractivity contribution in [3.05, 3.63) is 77.4 Å². The first kappa shape index (κ1) is 18.4. The second-order valence-corrected chi connectivity index (χ2v) is 7.45. The number of oxazole rings is 1. The van der Waals surface area contributed by atoms with E-state index < -0.39 is 0 Å². The zero-order valence-electron chi connectivity index (χ0n) is 16.7. The fourth-order valence-corrected chi connectivity index (χ4v) is 3.85. The number of benzene rings is 1. The highest BCUT2D eigenvalue weighted by Crippen LogP contribution is 2.25. The van der Waals surface area contributed by atoms with Crippen molar-refractivity contribution in [2.24, 2.45) is 0 Å². The number of hydrogen-bond donors (Lipinski definition) is 1. The number of carbonyl (C=O) groups excluding carboxylic acids is 1. The Bertz CT molecular complexity index is 1200. The molecule has 1 aliphatic heterocycles. The Morgan fingerprint density at radius 1 is 1.27 bits per heavy atom. The fourth-order valence-electron chi connectivity index (χ4n) is 3.85. The Morgan fingerprint density at radius 2 is 2.20 bits per heavy atom. The maximum Gasteiger partial charge on any atom is 0.270 e. The third kappa shape index (κ3) is 3.54. The van der Waals surface area contributed by atoms with Crippen LogP contribution in [0.1, 0.15) is 33.4 Å². The number of aromatic nitrogens is 3. The predicted octanol–water partition coefficient (Wildman–Crippen LogP) is 3.54. The van der Waals surface area contributed by atoms with E-state index in [1.165, 1.54) is 0 Å². The van der Waals surface area contributed by atoms with Gasteiger partial charge in [0, 0.05) is 42.7 Å². The molecule has 7 nitrogen and oxygen atoms in total. The van der Waals surface area contributed by atoms with Crippen molar-refractivity contribution in [1.29, 1.82) is 0 Å². The summed E-state index contributed by atoms with van der Waals surface area (Å²) in [4.78, 5) is 26.9. The van der Waals surface area contributed by atoms with Crippen molar-refractivity contribution in [1.82, 2.24) is 19.9 Å². The van der Waals surface area contributed by atoms with Gasteiger partial charge >= 0.3 is 0 Å². The standard InChI is InChI=1S/C23H22N4O3/c1-29-17-5-6-18-16(11-17)12-19(25-18)23(28)27-10-8-21-20(14-27)26-22(30-21)7-4-15-3-2-9-24-13-15/h2-3,5-6,9,11-13,25H,4,7-8,10,14H2,1H3. The maximum atomic E-state index is 13.0. The van der Waals surface area contributed by atoms with Crippen LogP contribution in [0.3, 0.4) is 0 Å². The first-order chi connectivity index (χ1) is 14.7. The zero-order chi connectivity index (χ0) is 20.5. The minimum absolute atomic E-state index is 0.0317. The molecule has 0 bridgehead atoms. The second kappa shape index (κ2) is 7.67. The summed E-state index contributed by atoms with van der Waals surface area (Å²) in [5.74, 6) is 2.35. The van der Waals surface area contributed by atoms with Gasteiger partial charge in [0.15, 0.2) is 5.89 Å². The summed E-state index contributed by atoms with van der Waals surface area (Å²) in [6.07, 6.45) is 5.85. The van der Waals surface area contributed by atoms with Gasteiger partial charge in [0.2, 0.25) is 0 Å². The molecule has 1 N–H and O–H groups in total. The highest BCUT2D eigenvalue weighted by atomic mass is 16.5. The van der Waals surface area contributed by atoms with E-state index in [0.717, 1.165) is 52.4 Å². The number of aromatic amines is 1. The lowest BCUT2D eigenvalue weighted by atomic mass is 10.1. The number of aryl methyl sites for hydroxylation is 2. The van der Waals surface area contributed by atoms with E-state index in [-0.39, 0.29) is 5.91 Å². The molecule has 5 rings (SSSR count). The number of nitrogens with one attached hydrogen (secondary N) is 1. The number of amides is 1. The number of ether oxygens (including phenoxy) is 1. The number of rotatable bonds is 5. The van der Waals surface area contributed by atoms with E-state index in [4.69, 9.17) is 9.15 Å². The topological polar surface area (TPSA) is 84.3 Å². The number of pyridine rings is 1. The molecule has 4 aromatic rings. The van der Waals surface area contributed by atoms with Crippen LogP contribution in [0, 0.1) is 0 Å². The van der Waals surface area contributed by atoms with E-state index in [1.54, 1.807) is 13.3 Å². The zero-order valence-corrected chi connectivity index (χ0v) is 16.7. The molecule has 0 aliphatic carbocycles. The van der Waals surface area contributed by atoms with Crippen molar-refractivity contribution < 1.29 is 13.9 Å². The average Bonchev–Trinajstić information content (AvgIpc) is 3.40. The van der Waals surface area contributed by atoms with Crippen LogP contribution >= 0.6 is 0 Å². The molecule has 1 amide bonds. The molecule has 0 radical (unpaired) electrons. The Kier molecular flexibility index (Phi) is 4.71. The maximum absolute atomic E-state index is 13.0. The molecule has 0 spiro atoms. The van der Waals surface area contributed by atoms with Gasteiger partial charge in [-0.2, -0.15) is 0 Å². The van der Waals surface area contributed by atoms with Crippen molar-refractivity contribution in [2.75, 3.05) is 13.7 Å². The van der Waals surface area contributed by atoms with Gasteiger partial charge in [0.1, 0.15) is 22.9 Å². The van der Waals surface area contributed by atoms with Gasteiger partial charge in [-0.05, 0) is 42.3 Å². The summed E-state index contributed by atoms with van der Waals surface area (Å²) >= 11 is 0. The third-order valence-electron chi connectivity index (χ3n) is 5.47. The number of methoxy groups -OCH3 is 1. The normalized spacial score (nSPS) is 13.4. The SMILES string of the molecule is COc1ccc2[nH]c(C(=O)N3CCc4oc(CCc5cccnc5)nc4C3)cc2c1. The first-order valence-electron chi connectivity index (χ1n) is 10.0. The molecule has 1 aliphatic rings. The van der Waals surface area contributed by atoms with Gasteiger partial charge in [-0.1, -0.05) is 6.07 Å². The quantitative estimate of drug-likeness (QED) is 0.552. The van der Waals surface area contributed by atoms with E-state index in [9.17, 15) is 4.79 Å². The van der Waals surface area contributed by atoms with E-state index in [1.807, 2.05) is 47.5 Å². The number of fused-ring (bicyclic) bond motifs is 2. The Labute approximate surface area is 173 Å². The average molecular weight is 402 g/mol. The van der Waals surface area contributed by atoms with Crippen LogP contribution in [0.15, 0.2) is 53.2 Å². The largest absolute Gasteiger partial charge is 0.497 e. The lowest BCUT2D eigenvalue weighted by molar-refractivity contribution is 0.0723. The summed E-state index contributed by atoms with van der Waals surface area (Å²) in [6.45, 7) is 1.07. The van der Waals surface area contributed by atoms with Gasteiger partial charge in [-0.15, -0.1) is 0 Å². The summed E-state index contributed by atoms with van der Waals surface area (Å²) in [5.41, 5.74) is 3.49. The van der Waals surface area contributed by atoms with Gasteiger partial charge in [-0.25, -0.2) is 4.98 Å². The first-order valence-corrected chi connectivity index (χ1v) is 10.0. The number of carbonyl (C=O) groups is 1. The summed E-state index contributed by atoms with van der Waals surface area (Å²) in [6, 6.07) is 11.6. The highest BCUT2D eigenvalue weighted by molar-refractivity contribution is 5.98. The molecule has 0 saturated carbocycles. The molecule has 30 heavy (non-hydrogen) atoms. The Morgan fingerprint density at radius 3 is 3.03 bits per heavy atom. The lowest BCUT2D eigenvalue weighted by Gasteiger charge is -2.24. The molecule has 7 heteroatoms. The summed E-state index contributed by atoms with van der Waals surface area (Å²) < 4.78 is 11.2. The fraction of sp³-hybridized carbons (Fsp3) is 0.261. The highest BCUT2D eigenvalue weighted by Gasteiger charge is 2.27. The second-order valence-electron chi connectivity index (χ2n) is 7.45. The predicted molar refractivity (Wildman–Crippen MR) is 111 cm³/mol. The minimum Gasteiger partial charge on any atom is -0.497 e. The molecule has 152 valence electrons. The number of H-pyrrole nitrogens is 1. The summed E-state index contributed by atoms with van der Waals surface area (Å²) in [7, 11) is 1.63. The molecule has 0 unspecified atom stereocenters. The van der Waals surface area contributed by atoms with Gasteiger partial charge in [-0.3, -0.25) is 9.78 Å². The molecule has 0 saturated heterocycles. The monoisotopic (exact) mass is 402 g/mol. The van der Waals surface area contributed by atoms with Crippen LogP contribution in [0.2, 0.25) is 0 Å². The van der Waals surface area contributed by atoms with Crippen molar-refractivity contribution in [2.45, 2.75) is 25.8 Å². The summed E-state index contributed by atoms with van der Waals surface area (Å²) in [5, 5.41) is 0.953. The van der Waals surface area contributed by atoms with Crippen LogP contribution in [0.5, 0.6) is 5.75 Å². The molecule has 1 aromatic carbocycles. The number of nitrogens with zero attached hydrogens (tertiary/aromatic N) is 3. The van der Waals surface area contributed by atoms with Crippen LogP contribution < -0.4 is 4.74 Å². The molecular formula is C23H22N4O3. The molecule has 4 heterocycles. The Balaban J connectivity index is 1.29. The van der Waals surface area contributed by atoms with Crippen LogP contribution in [0.25, 0.3) is 10.9 Å². The van der Waals surface area contributed by atoms with Crippen LogP contribution in [-0.4, -0.2) is 39.4 Å². The van der Waals surface area contributed by atoms with E-state index >= 15 is 0 Å². The van der Waals surface area contributed by atoms with Gasteiger partial charge in [0.25, 0.3) is 5.91 Å². The molecule has 0 atom stereocenters. The van der Waals surface area contributed by atoms with Crippen LogP contribution in [-0.2, 0) is 25.8 Å². The Hall–Kier alpha value is -3.61. The number of hydrogen-bond acceptors (Lipinski definition) is 5. The molecular weight excluding hydrogens is 380 g/mol. The van der Waals surface area contributed by atoms with Gasteiger partial charge in [0.05, 0.1) is 13.7 Å². The molecule has 0 fully saturated rings.